The summed E-state index contributed by atoms with van der Waals surface area (Å²) in [7, 11) is -4.13. The van der Waals surface area contributed by atoms with Crippen LogP contribution in [-0.4, -0.2) is 64.7 Å². The van der Waals surface area contributed by atoms with Crippen LogP contribution in [-0.2, 0) is 10.0 Å². The zero-order valence-electron chi connectivity index (χ0n) is 21.0. The number of allylic oxidation sites excluding steroid dienone is 2. The second-order valence-electron chi connectivity index (χ2n) is 9.88. The Hall–Kier alpha value is -2.86. The first kappa shape index (κ1) is 25.8. The highest BCUT2D eigenvalue weighted by Gasteiger charge is 2.30. The molecule has 3 aromatic rings. The number of anilines is 1. The van der Waals surface area contributed by atoms with Crippen molar-refractivity contribution < 1.29 is 12.8 Å². The van der Waals surface area contributed by atoms with E-state index in [1.54, 1.807) is 12.2 Å². The second-order valence-corrected chi connectivity index (χ2v) is 12.0. The molecule has 196 valence electrons. The standard InChI is InChI=1S/C25H29ClFN7O2S/c1-13(2)34-11-18(12-34)28-24-22-15(4)31-32-25(22)30-23(29-24)16-5-8-20(14(3)9-16)33-37(35,36)21-10-17(26)6-7-19(21)27/h5-10,13-14,18,20,33H,11-12H2,1-4H3,(H2,28,29,30,31,32)/t14-,20?/m1/s1. The van der Waals surface area contributed by atoms with E-state index < -0.39 is 26.8 Å². The largest absolute Gasteiger partial charge is 0.364 e. The van der Waals surface area contributed by atoms with E-state index in [-0.39, 0.29) is 17.0 Å². The number of H-pyrrole nitrogens is 1. The van der Waals surface area contributed by atoms with Crippen molar-refractivity contribution in [2.75, 3.05) is 18.4 Å². The number of benzene rings is 1. The van der Waals surface area contributed by atoms with Gasteiger partial charge in [0.25, 0.3) is 0 Å². The normalized spacial score (nSPS) is 20.9. The monoisotopic (exact) mass is 545 g/mol. The Balaban J connectivity index is 1.38. The lowest BCUT2D eigenvalue weighted by Crippen LogP contribution is -2.57. The molecule has 1 unspecified atom stereocenters. The van der Waals surface area contributed by atoms with Crippen molar-refractivity contribution >= 4 is 44.0 Å². The fraction of sp³-hybridized carbons (Fsp3) is 0.400. The van der Waals surface area contributed by atoms with E-state index in [2.05, 4.69) is 44.0 Å². The van der Waals surface area contributed by atoms with E-state index in [0.29, 0.717) is 17.5 Å². The molecule has 37 heavy (non-hydrogen) atoms. The van der Waals surface area contributed by atoms with E-state index >= 15 is 0 Å². The molecule has 1 aliphatic heterocycles. The number of rotatable bonds is 7. The summed E-state index contributed by atoms with van der Waals surface area (Å²) in [6, 6.07) is 3.64. The van der Waals surface area contributed by atoms with Crippen LogP contribution in [0.4, 0.5) is 10.2 Å². The van der Waals surface area contributed by atoms with Gasteiger partial charge < -0.3 is 5.32 Å². The van der Waals surface area contributed by atoms with Gasteiger partial charge in [0.15, 0.2) is 11.5 Å². The highest BCUT2D eigenvalue weighted by Crippen LogP contribution is 2.30. The van der Waals surface area contributed by atoms with E-state index in [1.165, 1.54) is 6.07 Å². The molecule has 1 fully saturated rings. The molecule has 1 aromatic carbocycles. The summed E-state index contributed by atoms with van der Waals surface area (Å²) >= 11 is 5.89. The van der Waals surface area contributed by atoms with Crippen molar-refractivity contribution in [3.8, 4) is 0 Å². The first-order valence-corrected chi connectivity index (χ1v) is 14.0. The van der Waals surface area contributed by atoms with Gasteiger partial charge in [-0.3, -0.25) is 10.00 Å². The SMILES string of the molecule is Cc1n[nH]c2nc(C3=C[C@@H](C)C(NS(=O)(=O)c4cc(Cl)ccc4F)C=C3)nc(NC3CN(C(C)C)C3)c12. The Morgan fingerprint density at radius 2 is 2.00 bits per heavy atom. The summed E-state index contributed by atoms with van der Waals surface area (Å²) in [5.74, 6) is 0.118. The van der Waals surface area contributed by atoms with Gasteiger partial charge in [0.05, 0.1) is 17.1 Å². The minimum Gasteiger partial charge on any atom is -0.364 e. The number of fused-ring (bicyclic) bond motifs is 1. The van der Waals surface area contributed by atoms with Crippen molar-refractivity contribution in [1.82, 2.24) is 29.8 Å². The summed E-state index contributed by atoms with van der Waals surface area (Å²) in [5, 5.41) is 11.8. The molecule has 12 heteroatoms. The number of nitrogens with zero attached hydrogens (tertiary/aromatic N) is 4. The number of aromatic nitrogens is 4. The molecule has 3 N–H and O–H groups in total. The minimum absolute atomic E-state index is 0.140. The molecule has 0 radical (unpaired) electrons. The van der Waals surface area contributed by atoms with Gasteiger partial charge >= 0.3 is 0 Å². The van der Waals surface area contributed by atoms with Crippen molar-refractivity contribution in [2.45, 2.75) is 50.7 Å². The predicted octanol–water partition coefficient (Wildman–Crippen LogP) is 3.89. The van der Waals surface area contributed by atoms with E-state index in [9.17, 15) is 12.8 Å². The van der Waals surface area contributed by atoms with Gasteiger partial charge in [-0.15, -0.1) is 0 Å². The number of halogens is 2. The Morgan fingerprint density at radius 3 is 2.70 bits per heavy atom. The first-order chi connectivity index (χ1) is 17.5. The number of aromatic amines is 1. The number of likely N-dealkylation sites (tertiary alicyclic amines) is 1. The fourth-order valence-corrected chi connectivity index (χ4v) is 6.20. The summed E-state index contributed by atoms with van der Waals surface area (Å²) in [6.07, 6.45) is 5.41. The zero-order valence-corrected chi connectivity index (χ0v) is 22.5. The fourth-order valence-electron chi connectivity index (χ4n) is 4.58. The van der Waals surface area contributed by atoms with Gasteiger partial charge in [0.1, 0.15) is 16.5 Å². The lowest BCUT2D eigenvalue weighted by atomic mass is 9.93. The summed E-state index contributed by atoms with van der Waals surface area (Å²) in [6.45, 7) is 10.0. The van der Waals surface area contributed by atoms with Gasteiger partial charge in [-0.1, -0.05) is 36.8 Å². The van der Waals surface area contributed by atoms with Gasteiger partial charge in [0.2, 0.25) is 10.0 Å². The molecule has 0 amide bonds. The lowest BCUT2D eigenvalue weighted by Gasteiger charge is -2.42. The van der Waals surface area contributed by atoms with Crippen LogP contribution in [0.2, 0.25) is 5.02 Å². The van der Waals surface area contributed by atoms with Crippen LogP contribution < -0.4 is 10.0 Å². The van der Waals surface area contributed by atoms with Crippen LogP contribution in [0.25, 0.3) is 16.6 Å². The number of hydrogen-bond acceptors (Lipinski definition) is 7. The average molecular weight is 546 g/mol. The molecule has 2 aliphatic rings. The minimum atomic E-state index is -4.13. The number of hydrogen-bond donors (Lipinski definition) is 3. The molecular formula is C25H29ClFN7O2S. The molecule has 9 nitrogen and oxygen atoms in total. The van der Waals surface area contributed by atoms with Crippen molar-refractivity contribution in [2.24, 2.45) is 5.92 Å². The van der Waals surface area contributed by atoms with E-state index in [0.717, 1.165) is 47.7 Å². The van der Waals surface area contributed by atoms with Crippen molar-refractivity contribution in [1.29, 1.82) is 0 Å². The number of aryl methyl sites for hydroxylation is 1. The third kappa shape index (κ3) is 5.13. The summed E-state index contributed by atoms with van der Waals surface area (Å²) in [4.78, 5) is 11.4. The predicted molar refractivity (Wildman–Crippen MR) is 142 cm³/mol. The summed E-state index contributed by atoms with van der Waals surface area (Å²) < 4.78 is 42.5. The Kier molecular flexibility index (Phi) is 6.82. The average Bonchev–Trinajstić information content (AvgIpc) is 3.19. The molecule has 0 spiro atoms. The number of nitrogens with one attached hydrogen (secondary N) is 3. The number of sulfonamides is 1. The molecular weight excluding hydrogens is 517 g/mol. The van der Waals surface area contributed by atoms with Gasteiger partial charge in [-0.25, -0.2) is 27.5 Å². The Morgan fingerprint density at radius 1 is 1.24 bits per heavy atom. The maximum absolute atomic E-state index is 14.2. The van der Waals surface area contributed by atoms with Crippen LogP contribution in [0.15, 0.2) is 41.3 Å². The summed E-state index contributed by atoms with van der Waals surface area (Å²) in [5.41, 5.74) is 2.20. The van der Waals surface area contributed by atoms with Crippen LogP contribution in [0.3, 0.4) is 0 Å². The molecule has 2 atom stereocenters. The van der Waals surface area contributed by atoms with Crippen molar-refractivity contribution in [3.63, 3.8) is 0 Å². The molecule has 1 aliphatic carbocycles. The Labute approximate surface area is 220 Å². The highest BCUT2D eigenvalue weighted by molar-refractivity contribution is 7.89. The topological polar surface area (TPSA) is 116 Å². The van der Waals surface area contributed by atoms with Crippen molar-refractivity contribution in [3.05, 3.63) is 58.8 Å². The third-order valence-electron chi connectivity index (χ3n) is 6.81. The smallest absolute Gasteiger partial charge is 0.244 e. The molecule has 1 saturated heterocycles. The second kappa shape index (κ2) is 9.79. The van der Waals surface area contributed by atoms with E-state index in [4.69, 9.17) is 16.6 Å². The van der Waals surface area contributed by atoms with Crippen LogP contribution in [0, 0.1) is 18.7 Å². The quantitative estimate of drug-likeness (QED) is 0.412. The third-order valence-corrected chi connectivity index (χ3v) is 8.51. The molecule has 0 saturated carbocycles. The van der Waals surface area contributed by atoms with Crippen LogP contribution in [0.1, 0.15) is 32.3 Å². The molecule has 2 aromatic heterocycles. The highest BCUT2D eigenvalue weighted by atomic mass is 35.5. The lowest BCUT2D eigenvalue weighted by molar-refractivity contribution is 0.122. The van der Waals surface area contributed by atoms with E-state index in [1.807, 2.05) is 19.9 Å². The first-order valence-electron chi connectivity index (χ1n) is 12.1. The van der Waals surface area contributed by atoms with Gasteiger partial charge in [-0.05, 0) is 44.9 Å². The molecule has 5 rings (SSSR count). The maximum Gasteiger partial charge on any atom is 0.244 e. The maximum atomic E-state index is 14.2. The van der Waals surface area contributed by atoms with Crippen LogP contribution >= 0.6 is 11.6 Å². The zero-order chi connectivity index (χ0) is 26.5. The molecule has 3 heterocycles. The Bertz CT molecular complexity index is 1510. The molecule has 0 bridgehead atoms. The van der Waals surface area contributed by atoms with Gasteiger partial charge in [0, 0.05) is 35.8 Å². The van der Waals surface area contributed by atoms with Gasteiger partial charge in [-0.2, -0.15) is 5.10 Å². The van der Waals surface area contributed by atoms with Crippen LogP contribution in [0.5, 0.6) is 0 Å².